The van der Waals surface area contributed by atoms with Crippen molar-refractivity contribution in [1.29, 1.82) is 0 Å². The van der Waals surface area contributed by atoms with Gasteiger partial charge in [-0.05, 0) is 57.1 Å². The fourth-order valence-corrected chi connectivity index (χ4v) is 3.30. The molecule has 2 aromatic carbocycles. The van der Waals surface area contributed by atoms with Crippen LogP contribution >= 0.6 is 0 Å². The number of likely N-dealkylation sites (tertiary alicyclic amines) is 1. The molecule has 0 bridgehead atoms. The molecule has 1 heterocycles. The van der Waals surface area contributed by atoms with Crippen molar-refractivity contribution >= 4 is 0 Å². The van der Waals surface area contributed by atoms with Gasteiger partial charge in [-0.15, -0.1) is 0 Å². The van der Waals surface area contributed by atoms with Gasteiger partial charge < -0.3 is 0 Å². The van der Waals surface area contributed by atoms with Crippen LogP contribution in [-0.4, -0.2) is 18.0 Å². The summed E-state index contributed by atoms with van der Waals surface area (Å²) in [6.07, 6.45) is 7.90. The molecule has 0 aliphatic carbocycles. The summed E-state index contributed by atoms with van der Waals surface area (Å²) in [6, 6.07) is 17.9. The van der Waals surface area contributed by atoms with Gasteiger partial charge in [0.15, 0.2) is 0 Å². The van der Waals surface area contributed by atoms with Crippen LogP contribution in [-0.2, 0) is 13.0 Å². The summed E-state index contributed by atoms with van der Waals surface area (Å²) in [7, 11) is 0. The Bertz CT molecular complexity index is 646. The second-order valence-electron chi connectivity index (χ2n) is 7.55. The molecule has 0 saturated carbocycles. The molecule has 3 rings (SSSR count). The Kier molecular flexibility index (Phi) is 8.64. The summed E-state index contributed by atoms with van der Waals surface area (Å²) < 4.78 is 0. The van der Waals surface area contributed by atoms with Crippen molar-refractivity contribution in [2.75, 3.05) is 13.1 Å². The van der Waals surface area contributed by atoms with Crippen molar-refractivity contribution in [2.24, 2.45) is 5.92 Å². The van der Waals surface area contributed by atoms with Crippen LogP contribution in [0.3, 0.4) is 0 Å². The monoisotopic (exact) mass is 349 g/mol. The first kappa shape index (κ1) is 20.5. The maximum absolute atomic E-state index is 2.56. The number of nitrogens with zero attached hydrogens (tertiary/aromatic N) is 1. The summed E-state index contributed by atoms with van der Waals surface area (Å²) in [5, 5.41) is 0. The Morgan fingerprint density at radius 3 is 1.88 bits per heavy atom. The van der Waals surface area contributed by atoms with E-state index in [1.807, 2.05) is 6.92 Å². The van der Waals surface area contributed by atoms with Crippen molar-refractivity contribution in [3.05, 3.63) is 82.9 Å². The summed E-state index contributed by atoms with van der Waals surface area (Å²) >= 11 is 0. The quantitative estimate of drug-likeness (QED) is 0.550. The Labute approximate surface area is 160 Å². The second kappa shape index (κ2) is 11.0. The topological polar surface area (TPSA) is 3.24 Å². The second-order valence-corrected chi connectivity index (χ2v) is 7.55. The molecule has 1 aliphatic rings. The Morgan fingerprint density at radius 1 is 0.885 bits per heavy atom. The van der Waals surface area contributed by atoms with Gasteiger partial charge in [0.25, 0.3) is 0 Å². The molecule has 1 heteroatoms. The van der Waals surface area contributed by atoms with Crippen molar-refractivity contribution in [3.8, 4) is 0 Å². The lowest BCUT2D eigenvalue weighted by Gasteiger charge is -2.39. The van der Waals surface area contributed by atoms with E-state index in [0.717, 1.165) is 18.9 Å². The van der Waals surface area contributed by atoms with E-state index in [2.05, 4.69) is 86.4 Å². The van der Waals surface area contributed by atoms with Gasteiger partial charge in [-0.1, -0.05) is 78.7 Å². The van der Waals surface area contributed by atoms with E-state index in [9.17, 15) is 0 Å². The number of aryl methyl sites for hydroxylation is 3. The smallest absolute Gasteiger partial charge is 0.0233 e. The van der Waals surface area contributed by atoms with Gasteiger partial charge in [-0.3, -0.25) is 4.90 Å². The minimum absolute atomic E-state index is 0.886. The van der Waals surface area contributed by atoms with Crippen molar-refractivity contribution < 1.29 is 0 Å². The molecule has 0 unspecified atom stereocenters. The molecule has 0 amide bonds. The first-order valence-electron chi connectivity index (χ1n) is 10.0. The van der Waals surface area contributed by atoms with Gasteiger partial charge in [0.2, 0.25) is 0 Å². The van der Waals surface area contributed by atoms with Gasteiger partial charge in [-0.25, -0.2) is 0 Å². The van der Waals surface area contributed by atoms with E-state index in [4.69, 9.17) is 0 Å². The Morgan fingerprint density at radius 2 is 1.42 bits per heavy atom. The van der Waals surface area contributed by atoms with Crippen molar-refractivity contribution in [3.63, 3.8) is 0 Å². The predicted molar refractivity (Wildman–Crippen MR) is 115 cm³/mol. The molecule has 140 valence electrons. The molecule has 2 aromatic rings. The lowest BCUT2D eigenvalue weighted by molar-refractivity contribution is 0.0867. The van der Waals surface area contributed by atoms with Gasteiger partial charge in [0.1, 0.15) is 0 Å². The first-order valence-corrected chi connectivity index (χ1v) is 10.0. The largest absolute Gasteiger partial charge is 0.298 e. The molecular weight excluding hydrogens is 314 g/mol. The standard InChI is InChI=1S/C20H25N.C5H10/c1-16-3-7-18(8-4-16)11-12-20-14-21(15-20)13-19-9-5-17(2)6-10-19;1-3-5-4-2/h3-10,20H,11-15H2,1-2H3;3,5H,4H2,1-2H3/b;5-3-. The van der Waals surface area contributed by atoms with Gasteiger partial charge in [0, 0.05) is 19.6 Å². The Balaban J connectivity index is 0.000000431. The van der Waals surface area contributed by atoms with E-state index in [-0.39, 0.29) is 0 Å². The van der Waals surface area contributed by atoms with Crippen LogP contribution < -0.4 is 0 Å². The minimum atomic E-state index is 0.886. The zero-order chi connectivity index (χ0) is 18.8. The highest BCUT2D eigenvalue weighted by atomic mass is 15.2. The highest BCUT2D eigenvalue weighted by molar-refractivity contribution is 5.22. The van der Waals surface area contributed by atoms with Crippen LogP contribution in [0.15, 0.2) is 60.7 Å². The van der Waals surface area contributed by atoms with E-state index in [1.165, 1.54) is 48.2 Å². The maximum atomic E-state index is 2.56. The fourth-order valence-electron chi connectivity index (χ4n) is 3.30. The van der Waals surface area contributed by atoms with E-state index in [0.29, 0.717) is 0 Å². The van der Waals surface area contributed by atoms with Crippen LogP contribution in [0, 0.1) is 19.8 Å². The van der Waals surface area contributed by atoms with Crippen LogP contribution in [0.25, 0.3) is 0 Å². The third-order valence-electron chi connectivity index (χ3n) is 4.99. The number of hydrogen-bond donors (Lipinski definition) is 0. The van der Waals surface area contributed by atoms with Crippen molar-refractivity contribution in [2.45, 2.75) is 53.5 Å². The predicted octanol–water partition coefficient (Wildman–Crippen LogP) is 6.34. The molecule has 0 atom stereocenters. The third-order valence-corrected chi connectivity index (χ3v) is 4.99. The zero-order valence-electron chi connectivity index (χ0n) is 17.0. The molecule has 1 aliphatic heterocycles. The van der Waals surface area contributed by atoms with Crippen LogP contribution in [0.2, 0.25) is 0 Å². The van der Waals surface area contributed by atoms with E-state index >= 15 is 0 Å². The summed E-state index contributed by atoms with van der Waals surface area (Å²) in [4.78, 5) is 2.56. The normalized spacial score (nSPS) is 14.8. The first-order chi connectivity index (χ1) is 12.6. The average molecular weight is 350 g/mol. The molecule has 1 nitrogen and oxygen atoms in total. The molecule has 0 radical (unpaired) electrons. The third kappa shape index (κ3) is 7.17. The van der Waals surface area contributed by atoms with E-state index < -0.39 is 0 Å². The van der Waals surface area contributed by atoms with Gasteiger partial charge >= 0.3 is 0 Å². The highest BCUT2D eigenvalue weighted by Gasteiger charge is 2.25. The molecule has 0 N–H and O–H groups in total. The number of rotatable bonds is 6. The van der Waals surface area contributed by atoms with Crippen LogP contribution in [0.4, 0.5) is 0 Å². The average Bonchev–Trinajstić information content (AvgIpc) is 2.61. The lowest BCUT2D eigenvalue weighted by Crippen LogP contribution is -2.45. The molecule has 0 spiro atoms. The molecule has 26 heavy (non-hydrogen) atoms. The Hall–Kier alpha value is -1.86. The van der Waals surface area contributed by atoms with E-state index in [1.54, 1.807) is 0 Å². The van der Waals surface area contributed by atoms with Crippen LogP contribution in [0.1, 0.15) is 48.9 Å². The fraction of sp³-hybridized carbons (Fsp3) is 0.440. The summed E-state index contributed by atoms with van der Waals surface area (Å²) in [5.74, 6) is 0.886. The number of allylic oxidation sites excluding steroid dienone is 2. The van der Waals surface area contributed by atoms with Gasteiger partial charge in [-0.2, -0.15) is 0 Å². The lowest BCUT2D eigenvalue weighted by atomic mass is 9.92. The maximum Gasteiger partial charge on any atom is 0.0233 e. The van der Waals surface area contributed by atoms with Crippen LogP contribution in [0.5, 0.6) is 0 Å². The molecular formula is C25H35N. The zero-order valence-corrected chi connectivity index (χ0v) is 17.0. The summed E-state index contributed by atoms with van der Waals surface area (Å²) in [5.41, 5.74) is 5.63. The van der Waals surface area contributed by atoms with Crippen molar-refractivity contribution in [1.82, 2.24) is 4.90 Å². The molecule has 1 saturated heterocycles. The molecule has 0 aromatic heterocycles. The highest BCUT2D eigenvalue weighted by Crippen LogP contribution is 2.23. The number of hydrogen-bond acceptors (Lipinski definition) is 1. The number of benzene rings is 2. The molecule has 1 fully saturated rings. The minimum Gasteiger partial charge on any atom is -0.298 e. The van der Waals surface area contributed by atoms with Gasteiger partial charge in [0.05, 0.1) is 0 Å². The summed E-state index contributed by atoms with van der Waals surface area (Å²) in [6.45, 7) is 12.1. The SMILES string of the molecule is C/C=C\CC.Cc1ccc(CCC2CN(Cc3ccc(C)cc3)C2)cc1.